The summed E-state index contributed by atoms with van der Waals surface area (Å²) >= 11 is 5.64. The molecule has 0 bridgehead atoms. The number of hydrogen-bond acceptors (Lipinski definition) is 3. The zero-order valence-electron chi connectivity index (χ0n) is 9.06. The summed E-state index contributed by atoms with van der Waals surface area (Å²) in [6.45, 7) is -0.187. The standard InChI is InChI=1S/C12H10ClN3O/c13-9-10-1-3-11(4-2-10)12(17)16(7-5-14)8-6-15/h1-4H,7-9H2. The average molecular weight is 248 g/mol. The maximum absolute atomic E-state index is 11.9. The van der Waals surface area contributed by atoms with E-state index in [2.05, 4.69) is 0 Å². The average Bonchev–Trinajstić information content (AvgIpc) is 2.38. The predicted molar refractivity (Wildman–Crippen MR) is 63.1 cm³/mol. The smallest absolute Gasteiger partial charge is 0.255 e. The van der Waals surface area contributed by atoms with Crippen molar-refractivity contribution in [3.8, 4) is 12.1 Å². The summed E-state index contributed by atoms with van der Waals surface area (Å²) < 4.78 is 0. The molecule has 0 N–H and O–H groups in total. The van der Waals surface area contributed by atoms with Gasteiger partial charge in [-0.3, -0.25) is 4.79 Å². The third-order valence-corrected chi connectivity index (χ3v) is 2.47. The Morgan fingerprint density at radius 2 is 1.71 bits per heavy atom. The number of nitrogens with zero attached hydrogens (tertiary/aromatic N) is 3. The summed E-state index contributed by atoms with van der Waals surface area (Å²) in [5, 5.41) is 17.1. The molecule has 0 saturated carbocycles. The van der Waals surface area contributed by atoms with Crippen molar-refractivity contribution in [3.05, 3.63) is 35.4 Å². The van der Waals surface area contributed by atoms with Gasteiger partial charge < -0.3 is 4.90 Å². The SMILES string of the molecule is N#CCN(CC#N)C(=O)c1ccc(CCl)cc1. The molecule has 0 aliphatic rings. The molecule has 0 radical (unpaired) electrons. The van der Waals surface area contributed by atoms with E-state index in [1.165, 1.54) is 4.90 Å². The van der Waals surface area contributed by atoms with Crippen molar-refractivity contribution >= 4 is 17.5 Å². The molecule has 1 amide bonds. The van der Waals surface area contributed by atoms with Gasteiger partial charge in [-0.25, -0.2) is 0 Å². The molecule has 1 rings (SSSR count). The largest absolute Gasteiger partial charge is 0.312 e. The molecule has 0 spiro atoms. The van der Waals surface area contributed by atoms with Crippen LogP contribution in [0.2, 0.25) is 0 Å². The Morgan fingerprint density at radius 1 is 1.18 bits per heavy atom. The van der Waals surface area contributed by atoms with Gasteiger partial charge in [0.2, 0.25) is 0 Å². The van der Waals surface area contributed by atoms with Crippen LogP contribution in [0.1, 0.15) is 15.9 Å². The first-order chi connectivity index (χ1) is 8.22. The molecule has 1 aromatic carbocycles. The molecule has 4 nitrogen and oxygen atoms in total. The van der Waals surface area contributed by atoms with Gasteiger partial charge in [0.1, 0.15) is 13.1 Å². The summed E-state index contributed by atoms with van der Waals surface area (Å²) in [4.78, 5) is 13.1. The molecule has 0 aliphatic carbocycles. The highest BCUT2D eigenvalue weighted by atomic mass is 35.5. The van der Waals surface area contributed by atoms with Gasteiger partial charge in [0, 0.05) is 11.4 Å². The van der Waals surface area contributed by atoms with Crippen LogP contribution in [0, 0.1) is 22.7 Å². The van der Waals surface area contributed by atoms with Gasteiger partial charge >= 0.3 is 0 Å². The number of hydrogen-bond donors (Lipinski definition) is 0. The minimum Gasteiger partial charge on any atom is -0.312 e. The first-order valence-corrected chi connectivity index (χ1v) is 5.44. The number of amides is 1. The number of nitriles is 2. The Morgan fingerprint density at radius 3 is 2.12 bits per heavy atom. The second-order valence-electron chi connectivity index (χ2n) is 3.31. The monoisotopic (exact) mass is 247 g/mol. The minimum atomic E-state index is -0.325. The highest BCUT2D eigenvalue weighted by Gasteiger charge is 2.14. The fourth-order valence-electron chi connectivity index (χ4n) is 1.29. The zero-order chi connectivity index (χ0) is 12.7. The summed E-state index contributed by atoms with van der Waals surface area (Å²) in [5.74, 6) is 0.0587. The normalized spacial score (nSPS) is 9.12. The molecule has 0 heterocycles. The summed E-state index contributed by atoms with van der Waals surface area (Å²) in [6.07, 6.45) is 0. The summed E-state index contributed by atoms with van der Waals surface area (Å²) in [5.41, 5.74) is 1.36. The zero-order valence-corrected chi connectivity index (χ0v) is 9.81. The lowest BCUT2D eigenvalue weighted by atomic mass is 10.1. The van der Waals surface area contributed by atoms with E-state index in [0.29, 0.717) is 11.4 Å². The van der Waals surface area contributed by atoms with E-state index >= 15 is 0 Å². The first-order valence-electron chi connectivity index (χ1n) is 4.91. The lowest BCUT2D eigenvalue weighted by Gasteiger charge is -2.15. The Kier molecular flexibility index (Phi) is 5.00. The first kappa shape index (κ1) is 13.0. The second kappa shape index (κ2) is 6.52. The lowest BCUT2D eigenvalue weighted by Crippen LogP contribution is -2.31. The van der Waals surface area contributed by atoms with Crippen LogP contribution >= 0.6 is 11.6 Å². The van der Waals surface area contributed by atoms with E-state index in [0.717, 1.165) is 5.56 Å². The number of alkyl halides is 1. The van der Waals surface area contributed by atoms with Crippen molar-refractivity contribution in [3.63, 3.8) is 0 Å². The summed E-state index contributed by atoms with van der Waals surface area (Å²) in [6, 6.07) is 10.5. The van der Waals surface area contributed by atoms with Crippen molar-refractivity contribution in [1.82, 2.24) is 4.90 Å². The van der Waals surface area contributed by atoms with Gasteiger partial charge in [-0.1, -0.05) is 12.1 Å². The Hall–Kier alpha value is -2.04. The molecule has 0 saturated heterocycles. The van der Waals surface area contributed by atoms with Crippen LogP contribution in [-0.4, -0.2) is 23.9 Å². The molecule has 86 valence electrons. The third-order valence-electron chi connectivity index (χ3n) is 2.17. The van der Waals surface area contributed by atoms with Crippen LogP contribution in [0.5, 0.6) is 0 Å². The second-order valence-corrected chi connectivity index (χ2v) is 3.58. The molecule has 0 aromatic heterocycles. The van der Waals surface area contributed by atoms with E-state index in [4.69, 9.17) is 22.1 Å². The van der Waals surface area contributed by atoms with Crippen molar-refractivity contribution in [2.24, 2.45) is 0 Å². The number of halogens is 1. The third kappa shape index (κ3) is 3.48. The molecule has 17 heavy (non-hydrogen) atoms. The van der Waals surface area contributed by atoms with E-state index in [9.17, 15) is 4.79 Å². The minimum absolute atomic E-state index is 0.0936. The van der Waals surface area contributed by atoms with Crippen molar-refractivity contribution in [2.45, 2.75) is 5.88 Å². The fourth-order valence-corrected chi connectivity index (χ4v) is 1.47. The van der Waals surface area contributed by atoms with Crippen molar-refractivity contribution in [2.75, 3.05) is 13.1 Å². The van der Waals surface area contributed by atoms with Crippen molar-refractivity contribution < 1.29 is 4.79 Å². The summed E-state index contributed by atoms with van der Waals surface area (Å²) in [7, 11) is 0. The molecule has 5 heteroatoms. The maximum Gasteiger partial charge on any atom is 0.255 e. The molecule has 0 unspecified atom stereocenters. The van der Waals surface area contributed by atoms with Crippen LogP contribution < -0.4 is 0 Å². The van der Waals surface area contributed by atoms with E-state index < -0.39 is 0 Å². The quantitative estimate of drug-likeness (QED) is 0.603. The van der Waals surface area contributed by atoms with Gasteiger partial charge in [0.25, 0.3) is 5.91 Å². The number of carbonyl (C=O) groups excluding carboxylic acids is 1. The van der Waals surface area contributed by atoms with Crippen molar-refractivity contribution in [1.29, 1.82) is 10.5 Å². The highest BCUT2D eigenvalue weighted by Crippen LogP contribution is 2.09. The van der Waals surface area contributed by atoms with Gasteiger partial charge in [-0.2, -0.15) is 10.5 Å². The van der Waals surface area contributed by atoms with Crippen LogP contribution in [0.15, 0.2) is 24.3 Å². The Balaban J connectivity index is 2.86. The number of benzene rings is 1. The molecule has 0 atom stereocenters. The molecular weight excluding hydrogens is 238 g/mol. The van der Waals surface area contributed by atoms with Gasteiger partial charge in [0.15, 0.2) is 0 Å². The molecule has 1 aromatic rings. The van der Waals surface area contributed by atoms with Gasteiger partial charge in [0.05, 0.1) is 12.1 Å². The number of rotatable bonds is 4. The van der Waals surface area contributed by atoms with Crippen LogP contribution in [0.3, 0.4) is 0 Å². The van der Waals surface area contributed by atoms with Gasteiger partial charge in [-0.05, 0) is 17.7 Å². The Bertz CT molecular complexity index is 454. The van der Waals surface area contributed by atoms with Gasteiger partial charge in [-0.15, -0.1) is 11.6 Å². The Labute approximate surface area is 105 Å². The van der Waals surface area contributed by atoms with Crippen LogP contribution in [-0.2, 0) is 5.88 Å². The van der Waals surface area contributed by atoms with E-state index in [-0.39, 0.29) is 19.0 Å². The van der Waals surface area contributed by atoms with E-state index in [1.807, 2.05) is 12.1 Å². The van der Waals surface area contributed by atoms with Crippen LogP contribution in [0.4, 0.5) is 0 Å². The lowest BCUT2D eigenvalue weighted by molar-refractivity contribution is 0.0794. The highest BCUT2D eigenvalue weighted by molar-refractivity contribution is 6.17. The molecule has 0 fully saturated rings. The molecule has 0 aliphatic heterocycles. The topological polar surface area (TPSA) is 67.9 Å². The predicted octanol–water partition coefficient (Wildman–Crippen LogP) is 1.91. The molecular formula is C12H10ClN3O. The maximum atomic E-state index is 11.9. The van der Waals surface area contributed by atoms with Crippen LogP contribution in [0.25, 0.3) is 0 Å². The fraction of sp³-hybridized carbons (Fsp3) is 0.250. The van der Waals surface area contributed by atoms with E-state index in [1.54, 1.807) is 24.3 Å². The number of carbonyl (C=O) groups is 1.